The standard InChI is InChI=1S/C12H26O2.Al.3H/c13-11-9-7-5-3-1-2-4-6-8-10-12-14;;;;/h13-14H,1-12H2;;;;. The largest absolute Gasteiger partial charge is 0.396 e. The predicted octanol–water partition coefficient (Wildman–Crippen LogP) is 1.69. The zero-order chi connectivity index (χ0) is 10.5. The maximum absolute atomic E-state index is 8.57. The van der Waals surface area contributed by atoms with E-state index < -0.39 is 0 Å². The minimum absolute atomic E-state index is 0. The summed E-state index contributed by atoms with van der Waals surface area (Å²) in [5.74, 6) is 0. The van der Waals surface area contributed by atoms with E-state index >= 15 is 0 Å². The van der Waals surface area contributed by atoms with Crippen LogP contribution in [0.4, 0.5) is 0 Å². The molecule has 0 heterocycles. The minimum Gasteiger partial charge on any atom is -0.396 e. The van der Waals surface area contributed by atoms with E-state index in [1.165, 1.54) is 51.4 Å². The van der Waals surface area contributed by atoms with Crippen LogP contribution in [0.3, 0.4) is 0 Å². The molecule has 0 aromatic carbocycles. The molecule has 0 atom stereocenters. The fourth-order valence-electron chi connectivity index (χ4n) is 1.64. The molecule has 0 bridgehead atoms. The van der Waals surface area contributed by atoms with Crippen LogP contribution >= 0.6 is 0 Å². The van der Waals surface area contributed by atoms with Crippen LogP contribution in [0.25, 0.3) is 0 Å². The van der Waals surface area contributed by atoms with Crippen LogP contribution in [-0.4, -0.2) is 40.8 Å². The molecule has 0 radical (unpaired) electrons. The lowest BCUT2D eigenvalue weighted by atomic mass is 10.1. The van der Waals surface area contributed by atoms with Gasteiger partial charge in [-0.15, -0.1) is 0 Å². The Balaban J connectivity index is 0. The van der Waals surface area contributed by atoms with Gasteiger partial charge < -0.3 is 10.2 Å². The summed E-state index contributed by atoms with van der Waals surface area (Å²) < 4.78 is 0. The smallest absolute Gasteiger partial charge is 0.187 e. The fourth-order valence-corrected chi connectivity index (χ4v) is 1.64. The molecular weight excluding hydrogens is 203 g/mol. The van der Waals surface area contributed by atoms with E-state index in [1.807, 2.05) is 0 Å². The Hall–Kier alpha value is 0.452. The van der Waals surface area contributed by atoms with Crippen molar-refractivity contribution < 1.29 is 10.2 Å². The highest BCUT2D eigenvalue weighted by molar-refractivity contribution is 5.75. The lowest BCUT2D eigenvalue weighted by Gasteiger charge is -2.01. The zero-order valence-corrected chi connectivity index (χ0v) is 9.38. The lowest BCUT2D eigenvalue weighted by molar-refractivity contribution is 0.281. The third-order valence-corrected chi connectivity index (χ3v) is 2.57. The molecule has 92 valence electrons. The van der Waals surface area contributed by atoms with Gasteiger partial charge in [-0.1, -0.05) is 51.4 Å². The quantitative estimate of drug-likeness (QED) is 0.420. The van der Waals surface area contributed by atoms with Gasteiger partial charge in [-0.05, 0) is 12.8 Å². The first-order valence-electron chi connectivity index (χ1n) is 6.13. The molecule has 0 aliphatic carbocycles. The molecule has 0 aliphatic rings. The summed E-state index contributed by atoms with van der Waals surface area (Å²) in [6, 6.07) is 0. The molecule has 0 aromatic heterocycles. The molecule has 15 heavy (non-hydrogen) atoms. The maximum atomic E-state index is 8.57. The molecule has 2 nitrogen and oxygen atoms in total. The molecule has 2 N–H and O–H groups in total. The monoisotopic (exact) mass is 232 g/mol. The van der Waals surface area contributed by atoms with Crippen LogP contribution in [0.1, 0.15) is 64.2 Å². The molecule has 0 fully saturated rings. The number of unbranched alkanes of at least 4 members (excludes halogenated alkanes) is 9. The Labute approximate surface area is 105 Å². The van der Waals surface area contributed by atoms with Crippen LogP contribution in [0.15, 0.2) is 0 Å². The summed E-state index contributed by atoms with van der Waals surface area (Å²) in [7, 11) is 0. The van der Waals surface area contributed by atoms with Crippen molar-refractivity contribution in [2.75, 3.05) is 13.2 Å². The molecule has 0 saturated heterocycles. The summed E-state index contributed by atoms with van der Waals surface area (Å²) >= 11 is 0. The average Bonchev–Trinajstić information content (AvgIpc) is 2.21. The van der Waals surface area contributed by atoms with E-state index in [4.69, 9.17) is 10.2 Å². The molecule has 0 unspecified atom stereocenters. The highest BCUT2D eigenvalue weighted by Crippen LogP contribution is 2.10. The van der Waals surface area contributed by atoms with E-state index in [9.17, 15) is 0 Å². The summed E-state index contributed by atoms with van der Waals surface area (Å²) in [5, 5.41) is 17.1. The number of aliphatic hydroxyl groups excluding tert-OH is 2. The van der Waals surface area contributed by atoms with Crippen molar-refractivity contribution in [3.8, 4) is 0 Å². The molecule has 0 aliphatic heterocycles. The van der Waals surface area contributed by atoms with Gasteiger partial charge in [-0.2, -0.15) is 0 Å². The Morgan fingerprint density at radius 2 is 0.600 bits per heavy atom. The fraction of sp³-hybridized carbons (Fsp3) is 1.00. The molecule has 0 rings (SSSR count). The van der Waals surface area contributed by atoms with Crippen LogP contribution in [0.5, 0.6) is 0 Å². The van der Waals surface area contributed by atoms with Gasteiger partial charge in [0, 0.05) is 13.2 Å². The van der Waals surface area contributed by atoms with E-state index in [-0.39, 0.29) is 17.4 Å². The minimum atomic E-state index is 0. The third-order valence-electron chi connectivity index (χ3n) is 2.57. The average molecular weight is 232 g/mol. The topological polar surface area (TPSA) is 40.5 Å². The Morgan fingerprint density at radius 3 is 0.800 bits per heavy atom. The van der Waals surface area contributed by atoms with Gasteiger partial charge in [0.15, 0.2) is 17.4 Å². The molecule has 0 aromatic rings. The highest BCUT2D eigenvalue weighted by atomic mass is 27.0. The maximum Gasteiger partial charge on any atom is 0.187 e. The zero-order valence-electron chi connectivity index (χ0n) is 9.38. The van der Waals surface area contributed by atoms with E-state index in [0.717, 1.165) is 12.8 Å². The molecule has 0 saturated carbocycles. The number of hydrogen-bond donors (Lipinski definition) is 2. The lowest BCUT2D eigenvalue weighted by Crippen LogP contribution is -1.85. The van der Waals surface area contributed by atoms with E-state index in [0.29, 0.717) is 13.2 Å². The van der Waals surface area contributed by atoms with E-state index in [1.54, 1.807) is 0 Å². The molecule has 0 amide bonds. The Bertz CT molecular complexity index is 87.6. The van der Waals surface area contributed by atoms with Gasteiger partial charge in [-0.25, -0.2) is 0 Å². The number of aliphatic hydroxyl groups is 2. The van der Waals surface area contributed by atoms with Crippen LogP contribution in [0, 0.1) is 0 Å². The van der Waals surface area contributed by atoms with Crippen molar-refractivity contribution in [3.63, 3.8) is 0 Å². The van der Waals surface area contributed by atoms with Gasteiger partial charge in [0.2, 0.25) is 0 Å². The van der Waals surface area contributed by atoms with Gasteiger partial charge >= 0.3 is 0 Å². The second kappa shape index (κ2) is 16.9. The second-order valence-electron chi connectivity index (χ2n) is 3.98. The molecular formula is C12H29AlO2. The predicted molar refractivity (Wildman–Crippen MR) is 70.3 cm³/mol. The van der Waals surface area contributed by atoms with Crippen molar-refractivity contribution >= 4 is 17.4 Å². The SMILES string of the molecule is OCCCCCCCCCCCCO.[AlH3]. The first kappa shape index (κ1) is 17.8. The number of hydrogen-bond acceptors (Lipinski definition) is 2. The van der Waals surface area contributed by atoms with Crippen molar-refractivity contribution in [1.82, 2.24) is 0 Å². The second-order valence-corrected chi connectivity index (χ2v) is 3.98. The van der Waals surface area contributed by atoms with Crippen LogP contribution < -0.4 is 0 Å². The normalized spacial score (nSPS) is 10.0. The first-order valence-corrected chi connectivity index (χ1v) is 6.13. The molecule has 3 heteroatoms. The van der Waals surface area contributed by atoms with Crippen molar-refractivity contribution in [2.24, 2.45) is 0 Å². The van der Waals surface area contributed by atoms with Gasteiger partial charge in [0.1, 0.15) is 0 Å². The number of rotatable bonds is 11. The van der Waals surface area contributed by atoms with Crippen molar-refractivity contribution in [3.05, 3.63) is 0 Å². The van der Waals surface area contributed by atoms with Crippen molar-refractivity contribution in [2.45, 2.75) is 64.2 Å². The Kier molecular flexibility index (Phi) is 20.1. The van der Waals surface area contributed by atoms with E-state index in [2.05, 4.69) is 0 Å². The third kappa shape index (κ3) is 17.1. The summed E-state index contributed by atoms with van der Waals surface area (Å²) in [6.07, 6.45) is 12.2. The van der Waals surface area contributed by atoms with Crippen LogP contribution in [-0.2, 0) is 0 Å². The summed E-state index contributed by atoms with van der Waals surface area (Å²) in [4.78, 5) is 0. The first-order chi connectivity index (χ1) is 6.91. The van der Waals surface area contributed by atoms with Gasteiger partial charge in [0.25, 0.3) is 0 Å². The summed E-state index contributed by atoms with van der Waals surface area (Å²) in [6.45, 7) is 0.697. The van der Waals surface area contributed by atoms with Gasteiger partial charge in [0.05, 0.1) is 0 Å². The molecule has 0 spiro atoms. The Morgan fingerprint density at radius 1 is 0.400 bits per heavy atom. The van der Waals surface area contributed by atoms with Crippen molar-refractivity contribution in [1.29, 1.82) is 0 Å². The van der Waals surface area contributed by atoms with Gasteiger partial charge in [-0.3, -0.25) is 0 Å². The summed E-state index contributed by atoms with van der Waals surface area (Å²) in [5.41, 5.74) is 0. The van der Waals surface area contributed by atoms with Crippen LogP contribution in [0.2, 0.25) is 0 Å². The highest BCUT2D eigenvalue weighted by Gasteiger charge is 1.92.